The van der Waals surface area contributed by atoms with Crippen LogP contribution in [0.2, 0.25) is 0 Å². The Bertz CT molecular complexity index is 297. The van der Waals surface area contributed by atoms with Gasteiger partial charge in [0.15, 0.2) is 0 Å². The standard InChI is InChI=1S/C13H20FNO/c1-10(2)8-15-9-13(16-3)11-4-6-12(14)7-5-11/h4-7,10,13,15H,8-9H2,1-3H3. The van der Waals surface area contributed by atoms with Crippen LogP contribution in [-0.2, 0) is 4.74 Å². The van der Waals surface area contributed by atoms with Crippen molar-refractivity contribution in [2.24, 2.45) is 5.92 Å². The summed E-state index contributed by atoms with van der Waals surface area (Å²) >= 11 is 0. The second kappa shape index (κ2) is 6.61. The molecule has 90 valence electrons. The molecule has 1 atom stereocenters. The number of halogens is 1. The average Bonchev–Trinajstić information content (AvgIpc) is 2.26. The summed E-state index contributed by atoms with van der Waals surface area (Å²) in [6.07, 6.45) is -0.0145. The Kier molecular flexibility index (Phi) is 5.43. The molecule has 0 spiro atoms. The third kappa shape index (κ3) is 4.29. The van der Waals surface area contributed by atoms with E-state index < -0.39 is 0 Å². The van der Waals surface area contributed by atoms with Gasteiger partial charge in [-0.25, -0.2) is 4.39 Å². The van der Waals surface area contributed by atoms with Crippen molar-refractivity contribution in [2.75, 3.05) is 20.2 Å². The van der Waals surface area contributed by atoms with Crippen molar-refractivity contribution in [2.45, 2.75) is 20.0 Å². The van der Waals surface area contributed by atoms with Gasteiger partial charge in [0.25, 0.3) is 0 Å². The van der Waals surface area contributed by atoms with Crippen LogP contribution in [0.5, 0.6) is 0 Å². The number of benzene rings is 1. The molecule has 0 saturated heterocycles. The lowest BCUT2D eigenvalue weighted by atomic mass is 10.1. The molecule has 1 unspecified atom stereocenters. The Labute approximate surface area is 96.8 Å². The third-order valence-corrected chi connectivity index (χ3v) is 2.41. The van der Waals surface area contributed by atoms with E-state index >= 15 is 0 Å². The highest BCUT2D eigenvalue weighted by Gasteiger charge is 2.09. The van der Waals surface area contributed by atoms with E-state index in [1.807, 2.05) is 0 Å². The lowest BCUT2D eigenvalue weighted by molar-refractivity contribution is 0.102. The largest absolute Gasteiger partial charge is 0.375 e. The Morgan fingerprint density at radius 2 is 1.81 bits per heavy atom. The van der Waals surface area contributed by atoms with E-state index in [2.05, 4.69) is 19.2 Å². The molecule has 0 saturated carbocycles. The van der Waals surface area contributed by atoms with E-state index in [4.69, 9.17) is 4.74 Å². The highest BCUT2D eigenvalue weighted by molar-refractivity contribution is 5.19. The van der Waals surface area contributed by atoms with E-state index in [1.165, 1.54) is 12.1 Å². The maximum atomic E-state index is 12.8. The van der Waals surface area contributed by atoms with E-state index in [-0.39, 0.29) is 11.9 Å². The quantitative estimate of drug-likeness (QED) is 0.803. The molecule has 1 N–H and O–H groups in total. The maximum Gasteiger partial charge on any atom is 0.123 e. The van der Waals surface area contributed by atoms with Gasteiger partial charge in [-0.3, -0.25) is 0 Å². The van der Waals surface area contributed by atoms with Gasteiger partial charge in [-0.15, -0.1) is 0 Å². The first kappa shape index (κ1) is 13.1. The summed E-state index contributed by atoms with van der Waals surface area (Å²) in [7, 11) is 1.67. The van der Waals surface area contributed by atoms with Crippen LogP contribution >= 0.6 is 0 Å². The van der Waals surface area contributed by atoms with Gasteiger partial charge in [-0.1, -0.05) is 26.0 Å². The number of methoxy groups -OCH3 is 1. The molecule has 1 rings (SSSR count). The Balaban J connectivity index is 2.50. The van der Waals surface area contributed by atoms with Gasteiger partial charge in [-0.05, 0) is 30.2 Å². The van der Waals surface area contributed by atoms with Gasteiger partial charge < -0.3 is 10.1 Å². The van der Waals surface area contributed by atoms with E-state index in [9.17, 15) is 4.39 Å². The molecule has 0 aliphatic carbocycles. The van der Waals surface area contributed by atoms with Gasteiger partial charge in [0.2, 0.25) is 0 Å². The molecule has 0 aromatic heterocycles. The number of hydrogen-bond donors (Lipinski definition) is 1. The zero-order chi connectivity index (χ0) is 12.0. The molecule has 1 aromatic carbocycles. The smallest absolute Gasteiger partial charge is 0.123 e. The van der Waals surface area contributed by atoms with Crippen LogP contribution in [0.4, 0.5) is 4.39 Å². The second-order valence-electron chi connectivity index (χ2n) is 4.33. The van der Waals surface area contributed by atoms with Gasteiger partial charge in [-0.2, -0.15) is 0 Å². The predicted octanol–water partition coefficient (Wildman–Crippen LogP) is 2.76. The molecule has 0 radical (unpaired) electrons. The van der Waals surface area contributed by atoms with E-state index in [1.54, 1.807) is 19.2 Å². The normalized spacial score (nSPS) is 13.1. The van der Waals surface area contributed by atoms with Crippen molar-refractivity contribution >= 4 is 0 Å². The Morgan fingerprint density at radius 1 is 1.19 bits per heavy atom. The summed E-state index contributed by atoms with van der Waals surface area (Å²) in [5.41, 5.74) is 1.00. The molecule has 3 heteroatoms. The Morgan fingerprint density at radius 3 is 2.31 bits per heavy atom. The summed E-state index contributed by atoms with van der Waals surface area (Å²) in [6.45, 7) is 6.03. The minimum absolute atomic E-state index is 0.0145. The van der Waals surface area contributed by atoms with Crippen molar-refractivity contribution in [1.29, 1.82) is 0 Å². The van der Waals surface area contributed by atoms with Crippen molar-refractivity contribution in [1.82, 2.24) is 5.32 Å². The van der Waals surface area contributed by atoms with Crippen molar-refractivity contribution in [3.05, 3.63) is 35.6 Å². The number of hydrogen-bond acceptors (Lipinski definition) is 2. The minimum atomic E-state index is -0.214. The van der Waals surface area contributed by atoms with Gasteiger partial charge in [0.1, 0.15) is 5.82 Å². The highest BCUT2D eigenvalue weighted by atomic mass is 19.1. The molecule has 2 nitrogen and oxygen atoms in total. The zero-order valence-electron chi connectivity index (χ0n) is 10.2. The lowest BCUT2D eigenvalue weighted by Crippen LogP contribution is -2.26. The maximum absolute atomic E-state index is 12.8. The van der Waals surface area contributed by atoms with Crippen LogP contribution in [0.25, 0.3) is 0 Å². The first-order valence-corrected chi connectivity index (χ1v) is 5.62. The van der Waals surface area contributed by atoms with Crippen LogP contribution in [-0.4, -0.2) is 20.2 Å². The predicted molar refractivity (Wildman–Crippen MR) is 63.9 cm³/mol. The van der Waals surface area contributed by atoms with Gasteiger partial charge >= 0.3 is 0 Å². The summed E-state index contributed by atoms with van der Waals surface area (Å²) in [5, 5.41) is 3.33. The summed E-state index contributed by atoms with van der Waals surface area (Å²) in [6, 6.07) is 6.45. The molecular weight excluding hydrogens is 205 g/mol. The average molecular weight is 225 g/mol. The third-order valence-electron chi connectivity index (χ3n) is 2.41. The summed E-state index contributed by atoms with van der Waals surface area (Å²) < 4.78 is 18.1. The van der Waals surface area contributed by atoms with Crippen molar-refractivity contribution < 1.29 is 9.13 Å². The fraction of sp³-hybridized carbons (Fsp3) is 0.538. The second-order valence-corrected chi connectivity index (χ2v) is 4.33. The van der Waals surface area contributed by atoms with Crippen LogP contribution in [0, 0.1) is 11.7 Å². The lowest BCUT2D eigenvalue weighted by Gasteiger charge is -2.17. The number of ether oxygens (including phenoxy) is 1. The monoisotopic (exact) mass is 225 g/mol. The van der Waals surface area contributed by atoms with Crippen LogP contribution in [0.1, 0.15) is 25.5 Å². The molecular formula is C13H20FNO. The molecule has 16 heavy (non-hydrogen) atoms. The minimum Gasteiger partial charge on any atom is -0.375 e. The zero-order valence-corrected chi connectivity index (χ0v) is 10.2. The fourth-order valence-corrected chi connectivity index (χ4v) is 1.52. The fourth-order valence-electron chi connectivity index (χ4n) is 1.52. The molecule has 0 amide bonds. The first-order chi connectivity index (χ1) is 7.63. The molecule has 0 bridgehead atoms. The summed E-state index contributed by atoms with van der Waals surface area (Å²) in [5.74, 6) is 0.402. The molecule has 0 heterocycles. The van der Waals surface area contributed by atoms with Gasteiger partial charge in [0.05, 0.1) is 6.10 Å². The van der Waals surface area contributed by atoms with Crippen LogP contribution in [0.3, 0.4) is 0 Å². The van der Waals surface area contributed by atoms with Crippen molar-refractivity contribution in [3.63, 3.8) is 0 Å². The van der Waals surface area contributed by atoms with E-state index in [0.717, 1.165) is 18.7 Å². The molecule has 0 aliphatic heterocycles. The molecule has 0 fully saturated rings. The van der Waals surface area contributed by atoms with Gasteiger partial charge in [0, 0.05) is 13.7 Å². The molecule has 0 aliphatic rings. The first-order valence-electron chi connectivity index (χ1n) is 5.62. The SMILES string of the molecule is COC(CNCC(C)C)c1ccc(F)cc1. The number of rotatable bonds is 6. The Hall–Kier alpha value is -0.930. The van der Waals surface area contributed by atoms with Crippen molar-refractivity contribution in [3.8, 4) is 0 Å². The highest BCUT2D eigenvalue weighted by Crippen LogP contribution is 2.16. The van der Waals surface area contributed by atoms with Crippen LogP contribution < -0.4 is 5.32 Å². The summed E-state index contributed by atoms with van der Waals surface area (Å²) in [4.78, 5) is 0. The topological polar surface area (TPSA) is 21.3 Å². The molecule has 1 aromatic rings. The van der Waals surface area contributed by atoms with E-state index in [0.29, 0.717) is 5.92 Å². The number of nitrogens with one attached hydrogen (secondary N) is 1. The van der Waals surface area contributed by atoms with Crippen LogP contribution in [0.15, 0.2) is 24.3 Å².